The predicted octanol–water partition coefficient (Wildman–Crippen LogP) is 2.24. The van der Waals surface area contributed by atoms with Crippen molar-refractivity contribution in [3.63, 3.8) is 0 Å². The Balaban J connectivity index is 4.32. The number of hydrogen-bond acceptors (Lipinski definition) is 3. The Morgan fingerprint density at radius 3 is 2.33 bits per heavy atom. The number of ether oxygens (including phenoxy) is 1. The van der Waals surface area contributed by atoms with Gasteiger partial charge in [-0.1, -0.05) is 34.1 Å². The Morgan fingerprint density at radius 2 is 1.90 bits per heavy atom. The van der Waals surface area contributed by atoms with Gasteiger partial charge < -0.3 is 20.5 Å². The van der Waals surface area contributed by atoms with Crippen LogP contribution in [0.3, 0.4) is 0 Å². The van der Waals surface area contributed by atoms with Crippen LogP contribution < -0.4 is 10.6 Å². The van der Waals surface area contributed by atoms with Crippen LogP contribution in [0.25, 0.3) is 0 Å². The maximum Gasteiger partial charge on any atom is 0.315 e. The molecule has 0 radical (unpaired) electrons. The van der Waals surface area contributed by atoms with Gasteiger partial charge in [0.05, 0.1) is 18.6 Å². The summed E-state index contributed by atoms with van der Waals surface area (Å²) in [7, 11) is 1.59. The van der Waals surface area contributed by atoms with E-state index in [0.717, 1.165) is 12.8 Å². The fourth-order valence-corrected chi connectivity index (χ4v) is 2.19. The summed E-state index contributed by atoms with van der Waals surface area (Å²) in [5, 5.41) is 14.7. The Bertz CT molecular complexity index is 320. The maximum atomic E-state index is 11.8. The Kier molecular flexibility index (Phi) is 9.01. The van der Waals surface area contributed by atoms with Gasteiger partial charge in [0.25, 0.3) is 0 Å². The number of carboxylic acids is 1. The number of hydrogen-bond donors (Lipinski definition) is 3. The highest BCUT2D eigenvalue weighted by Crippen LogP contribution is 2.24. The molecule has 6 heteroatoms. The first kappa shape index (κ1) is 19.7. The largest absolute Gasteiger partial charge is 0.481 e. The minimum Gasteiger partial charge on any atom is -0.481 e. The van der Waals surface area contributed by atoms with Gasteiger partial charge in [-0.25, -0.2) is 4.79 Å². The first-order chi connectivity index (χ1) is 9.69. The van der Waals surface area contributed by atoms with E-state index in [9.17, 15) is 14.7 Å². The van der Waals surface area contributed by atoms with Crippen molar-refractivity contribution in [1.29, 1.82) is 0 Å². The van der Waals surface area contributed by atoms with E-state index in [1.807, 2.05) is 27.7 Å². The second-order valence-electron chi connectivity index (χ2n) is 6.60. The molecule has 0 aliphatic carbocycles. The standard InChI is InChI=1S/C15H30N2O4/c1-6-7-12(10-21-5)17-14(20)16-9-11(13(18)19)8-15(2,3)4/h11-12H,6-10H2,1-5H3,(H,18,19)(H2,16,17,20). The third-order valence-electron chi connectivity index (χ3n) is 3.06. The number of aliphatic carboxylic acids is 1. The van der Waals surface area contributed by atoms with Crippen molar-refractivity contribution in [3.05, 3.63) is 0 Å². The lowest BCUT2D eigenvalue weighted by Crippen LogP contribution is -2.46. The van der Waals surface area contributed by atoms with Gasteiger partial charge in [-0.05, 0) is 18.3 Å². The van der Waals surface area contributed by atoms with Crippen LogP contribution in [0.1, 0.15) is 47.0 Å². The predicted molar refractivity (Wildman–Crippen MR) is 82.3 cm³/mol. The SMILES string of the molecule is CCCC(COC)NC(=O)NCC(CC(C)(C)C)C(=O)O. The Hall–Kier alpha value is -1.30. The van der Waals surface area contributed by atoms with E-state index in [4.69, 9.17) is 4.74 Å². The molecule has 0 rings (SSSR count). The molecule has 124 valence electrons. The molecule has 0 aromatic heterocycles. The normalized spacial score (nSPS) is 14.3. The van der Waals surface area contributed by atoms with Gasteiger partial charge in [-0.2, -0.15) is 0 Å². The summed E-state index contributed by atoms with van der Waals surface area (Å²) < 4.78 is 5.05. The van der Waals surface area contributed by atoms with E-state index >= 15 is 0 Å². The molecular weight excluding hydrogens is 272 g/mol. The highest BCUT2D eigenvalue weighted by molar-refractivity contribution is 5.76. The van der Waals surface area contributed by atoms with Crippen molar-refractivity contribution in [2.45, 2.75) is 53.0 Å². The quantitative estimate of drug-likeness (QED) is 0.609. The molecule has 0 saturated heterocycles. The Morgan fingerprint density at radius 1 is 1.29 bits per heavy atom. The van der Waals surface area contributed by atoms with E-state index in [0.29, 0.717) is 13.0 Å². The van der Waals surface area contributed by atoms with E-state index in [-0.39, 0.29) is 24.0 Å². The molecule has 0 heterocycles. The first-order valence-electron chi connectivity index (χ1n) is 7.45. The zero-order valence-electron chi connectivity index (χ0n) is 13.9. The van der Waals surface area contributed by atoms with Gasteiger partial charge in [0.2, 0.25) is 0 Å². The number of rotatable bonds is 9. The minimum atomic E-state index is -0.882. The summed E-state index contributed by atoms with van der Waals surface area (Å²) in [5.74, 6) is -1.46. The van der Waals surface area contributed by atoms with Gasteiger partial charge in [0.15, 0.2) is 0 Å². The summed E-state index contributed by atoms with van der Waals surface area (Å²) in [6.45, 7) is 8.57. The maximum absolute atomic E-state index is 11.8. The number of nitrogens with one attached hydrogen (secondary N) is 2. The average Bonchev–Trinajstić information content (AvgIpc) is 2.33. The van der Waals surface area contributed by atoms with Crippen molar-refractivity contribution in [3.8, 4) is 0 Å². The van der Waals surface area contributed by atoms with Crippen LogP contribution in [0.2, 0.25) is 0 Å². The second-order valence-corrected chi connectivity index (χ2v) is 6.60. The molecule has 2 atom stereocenters. The number of carbonyl (C=O) groups excluding carboxylic acids is 1. The molecule has 3 N–H and O–H groups in total. The van der Waals surface area contributed by atoms with E-state index < -0.39 is 11.9 Å². The first-order valence-corrected chi connectivity index (χ1v) is 7.45. The third-order valence-corrected chi connectivity index (χ3v) is 3.06. The molecule has 2 amide bonds. The van der Waals surface area contributed by atoms with Crippen molar-refractivity contribution < 1.29 is 19.4 Å². The van der Waals surface area contributed by atoms with Crippen LogP contribution in [-0.2, 0) is 9.53 Å². The molecule has 0 aromatic carbocycles. The fraction of sp³-hybridized carbons (Fsp3) is 0.867. The van der Waals surface area contributed by atoms with Gasteiger partial charge in [-0.3, -0.25) is 4.79 Å². The highest BCUT2D eigenvalue weighted by atomic mass is 16.5. The van der Waals surface area contributed by atoms with Crippen LogP contribution in [0.4, 0.5) is 4.79 Å². The zero-order chi connectivity index (χ0) is 16.5. The number of methoxy groups -OCH3 is 1. The molecule has 0 bridgehead atoms. The topological polar surface area (TPSA) is 87.7 Å². The number of amides is 2. The van der Waals surface area contributed by atoms with Crippen LogP contribution >= 0.6 is 0 Å². The molecule has 21 heavy (non-hydrogen) atoms. The fourth-order valence-electron chi connectivity index (χ4n) is 2.19. The van der Waals surface area contributed by atoms with Crippen molar-refractivity contribution in [1.82, 2.24) is 10.6 Å². The monoisotopic (exact) mass is 302 g/mol. The second kappa shape index (κ2) is 9.60. The molecule has 0 saturated carbocycles. The van der Waals surface area contributed by atoms with Crippen molar-refractivity contribution >= 4 is 12.0 Å². The number of carboxylic acid groups (broad SMARTS) is 1. The highest BCUT2D eigenvalue weighted by Gasteiger charge is 2.25. The van der Waals surface area contributed by atoms with Crippen LogP contribution in [0.5, 0.6) is 0 Å². The van der Waals surface area contributed by atoms with Gasteiger partial charge >= 0.3 is 12.0 Å². The molecule has 6 nitrogen and oxygen atoms in total. The van der Waals surface area contributed by atoms with E-state index in [1.54, 1.807) is 7.11 Å². The number of carbonyl (C=O) groups is 2. The van der Waals surface area contributed by atoms with Gasteiger partial charge in [-0.15, -0.1) is 0 Å². The summed E-state index contributed by atoms with van der Waals surface area (Å²) >= 11 is 0. The molecule has 2 unspecified atom stereocenters. The summed E-state index contributed by atoms with van der Waals surface area (Å²) in [6, 6.07) is -0.392. The van der Waals surface area contributed by atoms with Crippen LogP contribution in [0, 0.1) is 11.3 Å². The lowest BCUT2D eigenvalue weighted by molar-refractivity contribution is -0.142. The van der Waals surface area contributed by atoms with E-state index in [2.05, 4.69) is 10.6 Å². The zero-order valence-corrected chi connectivity index (χ0v) is 13.9. The smallest absolute Gasteiger partial charge is 0.315 e. The lowest BCUT2D eigenvalue weighted by atomic mass is 9.84. The average molecular weight is 302 g/mol. The molecule has 0 aliphatic rings. The molecule has 0 aliphatic heterocycles. The Labute approximate surface area is 127 Å². The summed E-state index contributed by atoms with van der Waals surface area (Å²) in [6.07, 6.45) is 2.28. The van der Waals surface area contributed by atoms with Gasteiger partial charge in [0.1, 0.15) is 0 Å². The summed E-state index contributed by atoms with van der Waals surface area (Å²) in [5.41, 5.74) is -0.0952. The minimum absolute atomic E-state index is 0.0501. The van der Waals surface area contributed by atoms with E-state index in [1.165, 1.54) is 0 Å². The lowest BCUT2D eigenvalue weighted by Gasteiger charge is -2.24. The molecule has 0 spiro atoms. The number of urea groups is 1. The van der Waals surface area contributed by atoms with Gasteiger partial charge in [0, 0.05) is 13.7 Å². The van der Waals surface area contributed by atoms with Crippen molar-refractivity contribution in [2.24, 2.45) is 11.3 Å². The van der Waals surface area contributed by atoms with Crippen LogP contribution in [0.15, 0.2) is 0 Å². The van der Waals surface area contributed by atoms with Crippen molar-refractivity contribution in [2.75, 3.05) is 20.3 Å². The molecular formula is C15H30N2O4. The third kappa shape index (κ3) is 10.1. The molecule has 0 aromatic rings. The summed E-state index contributed by atoms with van der Waals surface area (Å²) in [4.78, 5) is 23.1. The van der Waals surface area contributed by atoms with Crippen LogP contribution in [-0.4, -0.2) is 43.4 Å². The molecule has 0 fully saturated rings.